The predicted octanol–water partition coefficient (Wildman–Crippen LogP) is 4.86. The molecule has 6 nitrogen and oxygen atoms in total. The quantitative estimate of drug-likeness (QED) is 0.625. The second kappa shape index (κ2) is 7.53. The van der Waals surface area contributed by atoms with Crippen molar-refractivity contribution in [3.05, 3.63) is 62.8 Å². The SMILES string of the molecule is CC1(C)CC(=O)c2sc(NC(=O)c3ccccc3NC(=O)c3ccsc3)nc2C1. The maximum absolute atomic E-state index is 12.8. The maximum Gasteiger partial charge on any atom is 0.259 e. The minimum atomic E-state index is -0.385. The van der Waals surface area contributed by atoms with Gasteiger partial charge in [0, 0.05) is 11.8 Å². The highest BCUT2D eigenvalue weighted by molar-refractivity contribution is 7.17. The lowest BCUT2D eigenvalue weighted by Crippen LogP contribution is -2.26. The number of benzene rings is 1. The zero-order valence-corrected chi connectivity index (χ0v) is 17.6. The van der Waals surface area contributed by atoms with Crippen molar-refractivity contribution in [2.24, 2.45) is 5.41 Å². The van der Waals surface area contributed by atoms with Crippen molar-refractivity contribution in [3.8, 4) is 0 Å². The molecule has 0 radical (unpaired) electrons. The Morgan fingerprint density at radius 2 is 1.86 bits per heavy atom. The summed E-state index contributed by atoms with van der Waals surface area (Å²) in [5.74, 6) is -0.592. The van der Waals surface area contributed by atoms with Gasteiger partial charge in [0.2, 0.25) is 0 Å². The van der Waals surface area contributed by atoms with Crippen LogP contribution in [-0.2, 0) is 6.42 Å². The lowest BCUT2D eigenvalue weighted by molar-refractivity contribution is 0.0915. The Morgan fingerprint density at radius 3 is 2.62 bits per heavy atom. The molecule has 29 heavy (non-hydrogen) atoms. The molecule has 8 heteroatoms. The van der Waals surface area contributed by atoms with Crippen molar-refractivity contribution in [1.82, 2.24) is 4.98 Å². The molecule has 1 aliphatic rings. The number of para-hydroxylation sites is 1. The van der Waals surface area contributed by atoms with Crippen LogP contribution in [-0.4, -0.2) is 22.6 Å². The summed E-state index contributed by atoms with van der Waals surface area (Å²) in [6.07, 6.45) is 1.18. The molecule has 0 atom stereocenters. The van der Waals surface area contributed by atoms with Crippen LogP contribution in [0.1, 0.15) is 56.3 Å². The van der Waals surface area contributed by atoms with Gasteiger partial charge in [0.15, 0.2) is 10.9 Å². The number of nitrogens with one attached hydrogen (secondary N) is 2. The average molecular weight is 426 g/mol. The van der Waals surface area contributed by atoms with Crippen molar-refractivity contribution in [2.75, 3.05) is 10.6 Å². The van der Waals surface area contributed by atoms with Gasteiger partial charge in [0.05, 0.1) is 27.4 Å². The molecule has 2 N–H and O–H groups in total. The van der Waals surface area contributed by atoms with Crippen molar-refractivity contribution in [1.29, 1.82) is 0 Å². The van der Waals surface area contributed by atoms with E-state index in [0.29, 0.717) is 39.7 Å². The van der Waals surface area contributed by atoms with Crippen LogP contribution in [0, 0.1) is 5.41 Å². The lowest BCUT2D eigenvalue weighted by atomic mass is 9.78. The second-order valence-electron chi connectivity index (χ2n) is 7.70. The highest BCUT2D eigenvalue weighted by Crippen LogP contribution is 2.38. The third-order valence-corrected chi connectivity index (χ3v) is 6.40. The molecule has 148 valence electrons. The van der Waals surface area contributed by atoms with Gasteiger partial charge in [-0.1, -0.05) is 37.3 Å². The fourth-order valence-corrected chi connectivity index (χ4v) is 4.87. The number of carbonyl (C=O) groups excluding carboxylic acids is 3. The standard InChI is InChI=1S/C21H19N3O3S2/c1-21(2)9-15-17(16(25)10-21)29-20(23-15)24-19(27)13-5-3-4-6-14(13)22-18(26)12-7-8-28-11-12/h3-8,11H,9-10H2,1-2H3,(H,22,26)(H,23,24,27). The van der Waals surface area contributed by atoms with E-state index in [1.165, 1.54) is 22.7 Å². The first kappa shape index (κ1) is 19.5. The number of thiazole rings is 1. The fourth-order valence-electron chi connectivity index (χ4n) is 3.32. The Balaban J connectivity index is 1.54. The molecule has 4 rings (SSSR count). The van der Waals surface area contributed by atoms with Gasteiger partial charge >= 0.3 is 0 Å². The minimum absolute atomic E-state index is 0.0673. The van der Waals surface area contributed by atoms with Crippen LogP contribution in [0.25, 0.3) is 0 Å². The highest BCUT2D eigenvalue weighted by atomic mass is 32.1. The zero-order valence-electron chi connectivity index (χ0n) is 15.9. The van der Waals surface area contributed by atoms with Crippen LogP contribution in [0.4, 0.5) is 10.8 Å². The molecule has 0 unspecified atom stereocenters. The summed E-state index contributed by atoms with van der Waals surface area (Å²) in [4.78, 5) is 42.7. The van der Waals surface area contributed by atoms with Crippen molar-refractivity contribution >= 4 is 51.1 Å². The van der Waals surface area contributed by atoms with Gasteiger partial charge < -0.3 is 5.32 Å². The number of hydrogen-bond donors (Lipinski definition) is 2. The summed E-state index contributed by atoms with van der Waals surface area (Å²) in [5, 5.41) is 9.52. The van der Waals surface area contributed by atoms with Crippen LogP contribution in [0.3, 0.4) is 0 Å². The molecule has 2 amide bonds. The second-order valence-corrected chi connectivity index (χ2v) is 9.48. The summed E-state index contributed by atoms with van der Waals surface area (Å²) in [7, 11) is 0. The molecule has 3 aromatic rings. The summed E-state index contributed by atoms with van der Waals surface area (Å²) in [6, 6.07) is 8.52. The van der Waals surface area contributed by atoms with Crippen LogP contribution >= 0.6 is 22.7 Å². The van der Waals surface area contributed by atoms with E-state index in [-0.39, 0.29) is 23.0 Å². The van der Waals surface area contributed by atoms with Crippen LogP contribution in [0.2, 0.25) is 0 Å². The van der Waals surface area contributed by atoms with Crippen LogP contribution in [0.5, 0.6) is 0 Å². The van der Waals surface area contributed by atoms with E-state index in [9.17, 15) is 14.4 Å². The molecule has 1 aromatic carbocycles. The number of fused-ring (bicyclic) bond motifs is 1. The first-order valence-electron chi connectivity index (χ1n) is 9.09. The number of anilines is 2. The van der Waals surface area contributed by atoms with Gasteiger partial charge in [-0.05, 0) is 35.4 Å². The molecular formula is C21H19N3O3S2. The van der Waals surface area contributed by atoms with Crippen molar-refractivity contribution in [3.63, 3.8) is 0 Å². The van der Waals surface area contributed by atoms with Crippen molar-refractivity contribution < 1.29 is 14.4 Å². The average Bonchev–Trinajstić information content (AvgIpc) is 3.31. The molecule has 2 aromatic heterocycles. The molecule has 0 aliphatic heterocycles. The molecule has 1 aliphatic carbocycles. The largest absolute Gasteiger partial charge is 0.321 e. The van der Waals surface area contributed by atoms with Gasteiger partial charge in [0.25, 0.3) is 11.8 Å². The predicted molar refractivity (Wildman–Crippen MR) is 115 cm³/mol. The minimum Gasteiger partial charge on any atom is -0.321 e. The Morgan fingerprint density at radius 1 is 1.07 bits per heavy atom. The number of aromatic nitrogens is 1. The zero-order chi connectivity index (χ0) is 20.6. The Kier molecular flexibility index (Phi) is 5.06. The molecular weight excluding hydrogens is 406 g/mol. The van der Waals surface area contributed by atoms with Gasteiger partial charge in [-0.2, -0.15) is 11.3 Å². The Bertz CT molecular complexity index is 1100. The number of nitrogens with zero attached hydrogens (tertiary/aromatic N) is 1. The molecule has 0 bridgehead atoms. The first-order valence-corrected chi connectivity index (χ1v) is 10.9. The maximum atomic E-state index is 12.8. The summed E-state index contributed by atoms with van der Waals surface area (Å²) in [6.45, 7) is 4.08. The van der Waals surface area contributed by atoms with E-state index in [1.54, 1.807) is 35.7 Å². The van der Waals surface area contributed by atoms with E-state index in [1.807, 2.05) is 19.2 Å². The molecule has 0 spiro atoms. The smallest absolute Gasteiger partial charge is 0.259 e. The molecule has 0 saturated carbocycles. The number of ketones is 1. The van der Waals surface area contributed by atoms with E-state index >= 15 is 0 Å². The van der Waals surface area contributed by atoms with E-state index in [2.05, 4.69) is 15.6 Å². The molecule has 2 heterocycles. The fraction of sp³-hybridized carbons (Fsp3) is 0.238. The Labute approximate surface area is 176 Å². The Hall–Kier alpha value is -2.84. The monoisotopic (exact) mass is 425 g/mol. The number of rotatable bonds is 4. The van der Waals surface area contributed by atoms with Gasteiger partial charge in [-0.3, -0.25) is 19.7 Å². The third-order valence-electron chi connectivity index (χ3n) is 4.66. The summed E-state index contributed by atoms with van der Waals surface area (Å²) < 4.78 is 0. The highest BCUT2D eigenvalue weighted by Gasteiger charge is 2.34. The van der Waals surface area contributed by atoms with Gasteiger partial charge in [-0.25, -0.2) is 4.98 Å². The topological polar surface area (TPSA) is 88.2 Å². The van der Waals surface area contributed by atoms with Crippen molar-refractivity contribution in [2.45, 2.75) is 26.7 Å². The first-order chi connectivity index (χ1) is 13.8. The van der Waals surface area contributed by atoms with Crippen LogP contribution < -0.4 is 10.6 Å². The lowest BCUT2D eigenvalue weighted by Gasteiger charge is -2.26. The van der Waals surface area contributed by atoms with E-state index in [0.717, 1.165) is 5.69 Å². The number of thiophene rings is 1. The number of carbonyl (C=O) groups is 3. The summed E-state index contributed by atoms with van der Waals surface area (Å²) >= 11 is 2.64. The number of hydrogen-bond acceptors (Lipinski definition) is 6. The third kappa shape index (κ3) is 4.13. The summed E-state index contributed by atoms with van der Waals surface area (Å²) in [5.41, 5.74) is 1.90. The number of Topliss-reactive ketones (excluding diaryl/α,β-unsaturated/α-hetero) is 1. The van der Waals surface area contributed by atoms with E-state index in [4.69, 9.17) is 0 Å². The van der Waals surface area contributed by atoms with Gasteiger partial charge in [0.1, 0.15) is 0 Å². The molecule has 0 fully saturated rings. The van der Waals surface area contributed by atoms with Gasteiger partial charge in [-0.15, -0.1) is 0 Å². The van der Waals surface area contributed by atoms with E-state index < -0.39 is 0 Å². The molecule has 0 saturated heterocycles. The number of amides is 2. The normalized spacial score (nSPS) is 14.9. The van der Waals surface area contributed by atoms with Crippen LogP contribution in [0.15, 0.2) is 41.1 Å².